The summed E-state index contributed by atoms with van der Waals surface area (Å²) in [5, 5.41) is 0. The van der Waals surface area contributed by atoms with Crippen LogP contribution in [-0.2, 0) is 10.0 Å². The largest absolute Gasteiger partial charge is 0.215 e. The van der Waals surface area contributed by atoms with E-state index in [1.54, 1.807) is 0 Å². The van der Waals surface area contributed by atoms with Gasteiger partial charge in [0.1, 0.15) is 0 Å². The molecule has 0 radical (unpaired) electrons. The lowest BCUT2D eigenvalue weighted by molar-refractivity contribution is 0.395. The van der Waals surface area contributed by atoms with Crippen molar-refractivity contribution in [3.05, 3.63) is 0 Å². The Morgan fingerprint density at radius 2 is 1.88 bits per heavy atom. The topological polar surface area (TPSA) is 46.2 Å². The third-order valence-electron chi connectivity index (χ3n) is 2.81. The number of halogens is 1. The molecule has 0 fully saturated rings. The molecule has 0 aliphatic rings. The molecule has 0 saturated heterocycles. The number of alkyl halides is 1. The van der Waals surface area contributed by atoms with Crippen molar-refractivity contribution in [3.8, 4) is 0 Å². The molecule has 0 heterocycles. The van der Waals surface area contributed by atoms with Gasteiger partial charge >= 0.3 is 0 Å². The number of hydrogen-bond acceptors (Lipinski definition) is 2. The van der Waals surface area contributed by atoms with E-state index in [1.807, 2.05) is 20.8 Å². The molecule has 5 heteroatoms. The average molecular weight is 284 g/mol. The quantitative estimate of drug-likeness (QED) is 0.696. The van der Waals surface area contributed by atoms with Gasteiger partial charge in [0.15, 0.2) is 0 Å². The van der Waals surface area contributed by atoms with E-state index in [1.165, 1.54) is 0 Å². The van der Waals surface area contributed by atoms with Crippen molar-refractivity contribution in [1.29, 1.82) is 0 Å². The van der Waals surface area contributed by atoms with Crippen LogP contribution >= 0.6 is 11.6 Å². The molecule has 0 bridgehead atoms. The zero-order valence-electron chi connectivity index (χ0n) is 11.4. The fraction of sp³-hybridized carbons (Fsp3) is 1.00. The first-order valence-corrected chi connectivity index (χ1v) is 8.42. The van der Waals surface area contributed by atoms with Gasteiger partial charge in [-0.3, -0.25) is 0 Å². The molecule has 0 spiro atoms. The molecular formula is C12H26ClNO2S. The Balaban J connectivity index is 4.09. The second-order valence-corrected chi connectivity index (χ2v) is 8.03. The lowest BCUT2D eigenvalue weighted by Crippen LogP contribution is -2.32. The third-order valence-corrected chi connectivity index (χ3v) is 4.37. The third kappa shape index (κ3) is 9.86. The number of sulfonamides is 1. The van der Waals surface area contributed by atoms with Crippen molar-refractivity contribution in [2.24, 2.45) is 11.3 Å². The van der Waals surface area contributed by atoms with Crippen LogP contribution < -0.4 is 4.72 Å². The SMILES string of the molecule is CCC(CCCl)CNS(=O)(=O)CCC(C)(C)C. The first kappa shape index (κ1) is 17.2. The highest BCUT2D eigenvalue weighted by molar-refractivity contribution is 7.89. The first-order chi connectivity index (χ1) is 7.70. The smallest absolute Gasteiger partial charge is 0.211 e. The Labute approximate surface area is 111 Å². The molecule has 1 unspecified atom stereocenters. The second kappa shape index (κ2) is 7.59. The van der Waals surface area contributed by atoms with Crippen molar-refractivity contribution in [2.75, 3.05) is 18.2 Å². The van der Waals surface area contributed by atoms with Crippen LogP contribution in [0.4, 0.5) is 0 Å². The molecular weight excluding hydrogens is 258 g/mol. The van der Waals surface area contributed by atoms with E-state index >= 15 is 0 Å². The highest BCUT2D eigenvalue weighted by Crippen LogP contribution is 2.19. The molecule has 0 amide bonds. The van der Waals surface area contributed by atoms with Gasteiger partial charge in [-0.2, -0.15) is 0 Å². The summed E-state index contributed by atoms with van der Waals surface area (Å²) in [7, 11) is -3.13. The molecule has 0 rings (SSSR count). The van der Waals surface area contributed by atoms with Crippen molar-refractivity contribution < 1.29 is 8.42 Å². The molecule has 1 atom stereocenters. The Kier molecular flexibility index (Phi) is 7.68. The fourth-order valence-corrected chi connectivity index (χ4v) is 3.19. The summed E-state index contributed by atoms with van der Waals surface area (Å²) in [6.45, 7) is 8.71. The van der Waals surface area contributed by atoms with E-state index in [2.05, 4.69) is 11.6 Å². The molecule has 1 N–H and O–H groups in total. The minimum atomic E-state index is -3.13. The zero-order chi connectivity index (χ0) is 13.5. The average Bonchev–Trinajstić information content (AvgIpc) is 2.21. The highest BCUT2D eigenvalue weighted by Gasteiger charge is 2.18. The van der Waals surface area contributed by atoms with Crippen LogP contribution in [0.25, 0.3) is 0 Å². The Bertz CT molecular complexity index is 296. The molecule has 17 heavy (non-hydrogen) atoms. The number of rotatable bonds is 8. The minimum Gasteiger partial charge on any atom is -0.215 e. The van der Waals surface area contributed by atoms with Crippen LogP contribution in [0.2, 0.25) is 0 Å². The van der Waals surface area contributed by atoms with E-state index in [4.69, 9.17) is 11.6 Å². The van der Waals surface area contributed by atoms with Crippen LogP contribution in [0.5, 0.6) is 0 Å². The number of nitrogens with one attached hydrogen (secondary N) is 1. The predicted molar refractivity (Wildman–Crippen MR) is 75.0 cm³/mol. The van der Waals surface area contributed by atoms with E-state index in [0.29, 0.717) is 24.8 Å². The summed E-state index contributed by atoms with van der Waals surface area (Å²) >= 11 is 5.67. The maximum Gasteiger partial charge on any atom is 0.211 e. The van der Waals surface area contributed by atoms with E-state index < -0.39 is 10.0 Å². The second-order valence-electron chi connectivity index (χ2n) is 5.73. The van der Waals surface area contributed by atoms with Crippen LogP contribution in [0.3, 0.4) is 0 Å². The maximum absolute atomic E-state index is 11.8. The predicted octanol–water partition coefficient (Wildman–Crippen LogP) is 3.00. The molecule has 0 saturated carbocycles. The Morgan fingerprint density at radius 3 is 2.29 bits per heavy atom. The lowest BCUT2D eigenvalue weighted by Gasteiger charge is -2.19. The summed E-state index contributed by atoms with van der Waals surface area (Å²) < 4.78 is 26.2. The van der Waals surface area contributed by atoms with Gasteiger partial charge in [0.25, 0.3) is 0 Å². The maximum atomic E-state index is 11.8. The molecule has 0 aromatic carbocycles. The zero-order valence-corrected chi connectivity index (χ0v) is 13.0. The van der Waals surface area contributed by atoms with Crippen LogP contribution in [0, 0.1) is 11.3 Å². The summed E-state index contributed by atoms with van der Waals surface area (Å²) in [4.78, 5) is 0. The van der Waals surface area contributed by atoms with Gasteiger partial charge in [-0.15, -0.1) is 11.6 Å². The molecule has 0 aliphatic heterocycles. The van der Waals surface area contributed by atoms with Gasteiger partial charge < -0.3 is 0 Å². The van der Waals surface area contributed by atoms with Crippen molar-refractivity contribution in [2.45, 2.75) is 47.0 Å². The van der Waals surface area contributed by atoms with E-state index in [0.717, 1.165) is 12.8 Å². The van der Waals surface area contributed by atoms with Gasteiger partial charge in [0.05, 0.1) is 5.75 Å². The Hall–Kier alpha value is 0.200. The molecule has 0 aliphatic carbocycles. The van der Waals surface area contributed by atoms with Crippen molar-refractivity contribution in [3.63, 3.8) is 0 Å². The van der Waals surface area contributed by atoms with Crippen LogP contribution in [-0.4, -0.2) is 26.6 Å². The van der Waals surface area contributed by atoms with Gasteiger partial charge in [-0.25, -0.2) is 13.1 Å². The monoisotopic (exact) mass is 283 g/mol. The Morgan fingerprint density at radius 1 is 1.29 bits per heavy atom. The van der Waals surface area contributed by atoms with Gasteiger partial charge in [0, 0.05) is 12.4 Å². The molecule has 0 aromatic heterocycles. The van der Waals surface area contributed by atoms with Crippen LogP contribution in [0.1, 0.15) is 47.0 Å². The summed E-state index contributed by atoms with van der Waals surface area (Å²) in [6, 6.07) is 0. The summed E-state index contributed by atoms with van der Waals surface area (Å²) in [5.41, 5.74) is 0.0506. The first-order valence-electron chi connectivity index (χ1n) is 6.23. The minimum absolute atomic E-state index is 0.0506. The molecule has 3 nitrogen and oxygen atoms in total. The standard InChI is InChI=1S/C12H26ClNO2S/c1-5-11(6-8-13)10-14-17(15,16)9-7-12(2,3)4/h11,14H,5-10H2,1-4H3. The molecule has 104 valence electrons. The van der Waals surface area contributed by atoms with Crippen LogP contribution in [0.15, 0.2) is 0 Å². The van der Waals surface area contributed by atoms with Crippen molar-refractivity contribution >= 4 is 21.6 Å². The van der Waals surface area contributed by atoms with Crippen molar-refractivity contribution in [1.82, 2.24) is 4.72 Å². The fourth-order valence-electron chi connectivity index (χ4n) is 1.36. The highest BCUT2D eigenvalue weighted by atomic mass is 35.5. The normalized spacial score (nSPS) is 14.9. The number of hydrogen-bond donors (Lipinski definition) is 1. The van der Waals surface area contributed by atoms with E-state index in [-0.39, 0.29) is 11.2 Å². The van der Waals surface area contributed by atoms with Gasteiger partial charge in [-0.05, 0) is 24.2 Å². The summed E-state index contributed by atoms with van der Waals surface area (Å²) in [6.07, 6.45) is 2.49. The summed E-state index contributed by atoms with van der Waals surface area (Å²) in [5.74, 6) is 1.13. The lowest BCUT2D eigenvalue weighted by atomic mass is 9.94. The van der Waals surface area contributed by atoms with E-state index in [9.17, 15) is 8.42 Å². The van der Waals surface area contributed by atoms with Gasteiger partial charge in [0.2, 0.25) is 10.0 Å². The van der Waals surface area contributed by atoms with Gasteiger partial charge in [-0.1, -0.05) is 34.1 Å². The molecule has 0 aromatic rings.